The molecule has 1 rings (SSSR count). The normalized spacial score (nSPS) is 13.0. The minimum atomic E-state index is -4.40. The average Bonchev–Trinajstić information content (AvgIpc) is 2.54. The van der Waals surface area contributed by atoms with Gasteiger partial charge in [0.2, 0.25) is 0 Å². The number of alkyl halides is 3. The summed E-state index contributed by atoms with van der Waals surface area (Å²) in [6, 6.07) is 0.924. The van der Waals surface area contributed by atoms with Crippen LogP contribution in [0.25, 0.3) is 5.70 Å². The van der Waals surface area contributed by atoms with E-state index in [1.807, 2.05) is 0 Å². The lowest BCUT2D eigenvalue weighted by Crippen LogP contribution is -2.07. The van der Waals surface area contributed by atoms with Gasteiger partial charge in [0.25, 0.3) is 0 Å². The summed E-state index contributed by atoms with van der Waals surface area (Å²) in [6.45, 7) is 5.17. The Morgan fingerprint density at radius 3 is 2.57 bits per heavy atom. The van der Waals surface area contributed by atoms with Gasteiger partial charge in [0, 0.05) is 6.20 Å². The first kappa shape index (κ1) is 10.6. The Labute approximate surface area is 79.3 Å². The fourth-order valence-corrected chi connectivity index (χ4v) is 0.963. The molecule has 0 aliphatic carbocycles. The summed E-state index contributed by atoms with van der Waals surface area (Å²) >= 11 is 0. The van der Waals surface area contributed by atoms with E-state index in [0.717, 1.165) is 10.7 Å². The third kappa shape index (κ3) is 2.04. The zero-order valence-electron chi connectivity index (χ0n) is 7.54. The van der Waals surface area contributed by atoms with Crippen LogP contribution in [0, 0.1) is 0 Å². The van der Waals surface area contributed by atoms with Gasteiger partial charge in [-0.3, -0.25) is 0 Å². The molecule has 0 amide bonds. The maximum atomic E-state index is 12.2. The van der Waals surface area contributed by atoms with E-state index in [9.17, 15) is 13.2 Å². The van der Waals surface area contributed by atoms with Crippen molar-refractivity contribution in [3.05, 3.63) is 36.7 Å². The topological polar surface area (TPSA) is 17.8 Å². The first-order valence-electron chi connectivity index (χ1n) is 3.91. The predicted molar refractivity (Wildman–Crippen MR) is 47.4 cm³/mol. The Morgan fingerprint density at radius 1 is 1.57 bits per heavy atom. The molecule has 1 aromatic rings. The molecule has 2 nitrogen and oxygen atoms in total. The van der Waals surface area contributed by atoms with Crippen molar-refractivity contribution in [1.29, 1.82) is 0 Å². The van der Waals surface area contributed by atoms with Gasteiger partial charge in [-0.2, -0.15) is 18.3 Å². The van der Waals surface area contributed by atoms with Crippen molar-refractivity contribution in [1.82, 2.24) is 9.78 Å². The van der Waals surface area contributed by atoms with E-state index in [-0.39, 0.29) is 0 Å². The minimum Gasteiger partial charge on any atom is -0.241 e. The van der Waals surface area contributed by atoms with E-state index in [1.54, 1.807) is 13.0 Å². The van der Waals surface area contributed by atoms with Gasteiger partial charge in [-0.1, -0.05) is 12.7 Å². The number of rotatable bonds is 2. The zero-order chi connectivity index (χ0) is 10.8. The van der Waals surface area contributed by atoms with Crippen molar-refractivity contribution in [2.45, 2.75) is 13.1 Å². The molecule has 0 fully saturated rings. The lowest BCUT2D eigenvalue weighted by Gasteiger charge is -2.02. The summed E-state index contributed by atoms with van der Waals surface area (Å²) in [7, 11) is 0. The summed E-state index contributed by atoms with van der Waals surface area (Å²) in [5.41, 5.74) is -0.390. The monoisotopic (exact) mass is 202 g/mol. The molecular formula is C9H9F3N2. The number of allylic oxidation sites excluding steroid dienone is 3. The van der Waals surface area contributed by atoms with Crippen LogP contribution in [0.3, 0.4) is 0 Å². The van der Waals surface area contributed by atoms with Crippen LogP contribution in [0.15, 0.2) is 31.0 Å². The molecule has 1 aromatic heterocycles. The highest BCUT2D eigenvalue weighted by molar-refractivity contribution is 5.54. The van der Waals surface area contributed by atoms with Gasteiger partial charge >= 0.3 is 6.18 Å². The second-order valence-corrected chi connectivity index (χ2v) is 2.56. The number of aromatic nitrogens is 2. The number of nitrogens with zero attached hydrogens (tertiary/aromatic N) is 2. The molecule has 0 atom stereocenters. The van der Waals surface area contributed by atoms with E-state index in [2.05, 4.69) is 11.7 Å². The van der Waals surface area contributed by atoms with Crippen LogP contribution >= 0.6 is 0 Å². The first-order chi connectivity index (χ1) is 6.49. The van der Waals surface area contributed by atoms with Crippen LogP contribution in [0.1, 0.15) is 12.6 Å². The van der Waals surface area contributed by atoms with E-state index in [4.69, 9.17) is 0 Å². The molecule has 0 radical (unpaired) electrons. The van der Waals surface area contributed by atoms with Crippen LogP contribution < -0.4 is 0 Å². The smallest absolute Gasteiger partial charge is 0.241 e. The van der Waals surface area contributed by atoms with Gasteiger partial charge in [-0.15, -0.1) is 0 Å². The van der Waals surface area contributed by atoms with Gasteiger partial charge < -0.3 is 0 Å². The molecule has 0 spiro atoms. The molecule has 0 saturated carbocycles. The molecule has 0 unspecified atom stereocenters. The first-order valence-corrected chi connectivity index (χ1v) is 3.91. The molecular weight excluding hydrogens is 193 g/mol. The van der Waals surface area contributed by atoms with Crippen LogP contribution in [0.2, 0.25) is 0 Å². The second kappa shape index (κ2) is 3.69. The van der Waals surface area contributed by atoms with Crippen molar-refractivity contribution in [2.75, 3.05) is 0 Å². The fraction of sp³-hybridized carbons (Fsp3) is 0.222. The SMILES string of the molecule is C=CC(=CC)n1ccc(C(F)(F)F)n1. The zero-order valence-corrected chi connectivity index (χ0v) is 7.54. The van der Waals surface area contributed by atoms with E-state index in [1.165, 1.54) is 12.3 Å². The lowest BCUT2D eigenvalue weighted by molar-refractivity contribution is -0.141. The van der Waals surface area contributed by atoms with Gasteiger partial charge in [0.1, 0.15) is 0 Å². The van der Waals surface area contributed by atoms with Crippen molar-refractivity contribution in [3.63, 3.8) is 0 Å². The highest BCUT2D eigenvalue weighted by Crippen LogP contribution is 2.27. The molecule has 1 heterocycles. The van der Waals surface area contributed by atoms with E-state index >= 15 is 0 Å². The summed E-state index contributed by atoms with van der Waals surface area (Å²) < 4.78 is 37.6. The number of halogens is 3. The van der Waals surface area contributed by atoms with Gasteiger partial charge in [-0.25, -0.2) is 4.68 Å². The summed E-state index contributed by atoms with van der Waals surface area (Å²) in [6.07, 6.45) is -0.0849. The molecule has 0 N–H and O–H groups in total. The van der Waals surface area contributed by atoms with Gasteiger partial charge in [-0.05, 0) is 19.1 Å². The third-order valence-corrected chi connectivity index (χ3v) is 1.65. The van der Waals surface area contributed by atoms with Gasteiger partial charge in [0.15, 0.2) is 5.69 Å². The Kier molecular flexibility index (Phi) is 2.78. The Hall–Kier alpha value is -1.52. The summed E-state index contributed by atoms with van der Waals surface area (Å²) in [4.78, 5) is 0. The van der Waals surface area contributed by atoms with Crippen LogP contribution in [0.5, 0.6) is 0 Å². The Morgan fingerprint density at radius 2 is 2.21 bits per heavy atom. The fourth-order valence-electron chi connectivity index (χ4n) is 0.963. The molecule has 14 heavy (non-hydrogen) atoms. The highest BCUT2D eigenvalue weighted by Gasteiger charge is 2.33. The molecule has 0 bridgehead atoms. The van der Waals surface area contributed by atoms with Gasteiger partial charge in [0.05, 0.1) is 5.70 Å². The standard InChI is InChI=1S/C9H9F3N2/c1-3-7(4-2)14-6-5-8(13-14)9(10,11)12/h3-6H,1H2,2H3. The summed E-state index contributed by atoms with van der Waals surface area (Å²) in [5.74, 6) is 0. The maximum Gasteiger partial charge on any atom is 0.435 e. The van der Waals surface area contributed by atoms with Crippen molar-refractivity contribution < 1.29 is 13.2 Å². The Balaban J connectivity index is 3.05. The third-order valence-electron chi connectivity index (χ3n) is 1.65. The molecule has 0 aromatic carbocycles. The molecule has 0 aliphatic rings. The second-order valence-electron chi connectivity index (χ2n) is 2.56. The van der Waals surface area contributed by atoms with Crippen LogP contribution in [-0.2, 0) is 6.18 Å². The minimum absolute atomic E-state index is 0.514. The van der Waals surface area contributed by atoms with E-state index < -0.39 is 11.9 Å². The van der Waals surface area contributed by atoms with E-state index in [0.29, 0.717) is 5.70 Å². The molecule has 0 saturated heterocycles. The number of hydrogen-bond donors (Lipinski definition) is 0. The van der Waals surface area contributed by atoms with Crippen molar-refractivity contribution >= 4 is 5.70 Å². The number of hydrogen-bond acceptors (Lipinski definition) is 1. The molecule has 76 valence electrons. The maximum absolute atomic E-state index is 12.2. The average molecular weight is 202 g/mol. The summed E-state index contributed by atoms with van der Waals surface area (Å²) in [5, 5.41) is 3.38. The molecule has 5 heteroatoms. The molecule has 0 aliphatic heterocycles. The van der Waals surface area contributed by atoms with Crippen LogP contribution in [0.4, 0.5) is 13.2 Å². The largest absolute Gasteiger partial charge is 0.435 e. The van der Waals surface area contributed by atoms with Crippen LogP contribution in [-0.4, -0.2) is 9.78 Å². The Bertz CT molecular complexity index is 360. The quantitative estimate of drug-likeness (QED) is 0.674. The highest BCUT2D eigenvalue weighted by atomic mass is 19.4. The van der Waals surface area contributed by atoms with Crippen molar-refractivity contribution in [3.8, 4) is 0 Å². The lowest BCUT2D eigenvalue weighted by atomic mass is 10.4. The predicted octanol–water partition coefficient (Wildman–Crippen LogP) is 2.95. The van der Waals surface area contributed by atoms with Crippen molar-refractivity contribution in [2.24, 2.45) is 0 Å².